The van der Waals surface area contributed by atoms with E-state index in [-0.39, 0.29) is 0 Å². The lowest BCUT2D eigenvalue weighted by Gasteiger charge is -2.14. The summed E-state index contributed by atoms with van der Waals surface area (Å²) in [5, 5.41) is 11.2. The smallest absolute Gasteiger partial charge is 0.0692 e. The Balaban J connectivity index is 2.04. The van der Waals surface area contributed by atoms with Crippen molar-refractivity contribution in [2.45, 2.75) is 45.7 Å². The van der Waals surface area contributed by atoms with Gasteiger partial charge in [-0.3, -0.25) is 4.68 Å². The number of nitrogens with zero attached hydrogens (tertiary/aromatic N) is 3. The molecule has 1 heterocycles. The molecule has 4 heteroatoms. The van der Waals surface area contributed by atoms with E-state index in [1.54, 1.807) is 6.20 Å². The zero-order valence-corrected chi connectivity index (χ0v) is 9.11. The van der Waals surface area contributed by atoms with Crippen LogP contribution in [0.25, 0.3) is 0 Å². The maximum Gasteiger partial charge on any atom is 0.0692 e. The van der Waals surface area contributed by atoms with E-state index >= 15 is 0 Å². The van der Waals surface area contributed by atoms with Crippen molar-refractivity contribution in [3.63, 3.8) is 0 Å². The molecule has 0 spiro atoms. The normalized spacial score (nSPS) is 11.1. The monoisotopic (exact) mass is 196 g/mol. The first kappa shape index (κ1) is 11.2. The first-order valence-corrected chi connectivity index (χ1v) is 5.44. The van der Waals surface area contributed by atoms with Gasteiger partial charge in [-0.1, -0.05) is 19.1 Å². The number of hydrogen-bond acceptors (Lipinski definition) is 3. The maximum absolute atomic E-state index is 3.91. The van der Waals surface area contributed by atoms with E-state index in [0.717, 1.165) is 19.5 Å². The molecule has 1 aromatic rings. The summed E-state index contributed by atoms with van der Waals surface area (Å²) in [6, 6.07) is 0.672. The van der Waals surface area contributed by atoms with Crippen LogP contribution in [-0.4, -0.2) is 27.6 Å². The summed E-state index contributed by atoms with van der Waals surface area (Å²) in [6.45, 7) is 6.45. The van der Waals surface area contributed by atoms with Crippen LogP contribution in [0.4, 0.5) is 0 Å². The summed E-state index contributed by atoms with van der Waals surface area (Å²) < 4.78 is 1.87. The summed E-state index contributed by atoms with van der Waals surface area (Å²) in [4.78, 5) is 0. The van der Waals surface area contributed by atoms with E-state index in [1.165, 1.54) is 12.8 Å². The van der Waals surface area contributed by atoms with Gasteiger partial charge < -0.3 is 5.32 Å². The molecule has 0 unspecified atom stereocenters. The van der Waals surface area contributed by atoms with Gasteiger partial charge >= 0.3 is 0 Å². The van der Waals surface area contributed by atoms with Gasteiger partial charge in [0.1, 0.15) is 0 Å². The second-order valence-electron chi connectivity index (χ2n) is 3.49. The fourth-order valence-corrected chi connectivity index (χ4v) is 1.48. The predicted molar refractivity (Wildman–Crippen MR) is 57.0 cm³/mol. The standard InChI is InChI=1S/C10H20N4/c1-3-10(4-2)11-6-5-8-14-9-7-12-13-14/h7,9-11H,3-6,8H2,1-2H3. The van der Waals surface area contributed by atoms with Crippen LogP contribution >= 0.6 is 0 Å². The quantitative estimate of drug-likeness (QED) is 0.671. The summed E-state index contributed by atoms with van der Waals surface area (Å²) in [5.41, 5.74) is 0. The molecule has 0 amide bonds. The lowest BCUT2D eigenvalue weighted by atomic mass is 10.2. The van der Waals surface area contributed by atoms with Crippen LogP contribution in [0, 0.1) is 0 Å². The van der Waals surface area contributed by atoms with Crippen molar-refractivity contribution in [1.82, 2.24) is 20.3 Å². The SMILES string of the molecule is CCC(CC)NCCCn1ccnn1. The van der Waals surface area contributed by atoms with Gasteiger partial charge in [0.2, 0.25) is 0 Å². The van der Waals surface area contributed by atoms with Crippen molar-refractivity contribution < 1.29 is 0 Å². The molecule has 4 nitrogen and oxygen atoms in total. The summed E-state index contributed by atoms with van der Waals surface area (Å²) in [7, 11) is 0. The number of aromatic nitrogens is 3. The molecule has 1 N–H and O–H groups in total. The maximum atomic E-state index is 3.91. The molecule has 1 aromatic heterocycles. The third-order valence-corrected chi connectivity index (χ3v) is 2.45. The van der Waals surface area contributed by atoms with Gasteiger partial charge in [0, 0.05) is 18.8 Å². The third-order valence-electron chi connectivity index (χ3n) is 2.45. The van der Waals surface area contributed by atoms with Crippen molar-refractivity contribution in [3.8, 4) is 0 Å². The van der Waals surface area contributed by atoms with Crippen molar-refractivity contribution in [3.05, 3.63) is 12.4 Å². The number of rotatable bonds is 7. The van der Waals surface area contributed by atoms with E-state index in [0.29, 0.717) is 6.04 Å². The van der Waals surface area contributed by atoms with Crippen LogP contribution in [0.3, 0.4) is 0 Å². The van der Waals surface area contributed by atoms with E-state index in [9.17, 15) is 0 Å². The van der Waals surface area contributed by atoms with E-state index in [4.69, 9.17) is 0 Å². The Labute approximate surface area is 85.7 Å². The summed E-state index contributed by atoms with van der Waals surface area (Å²) >= 11 is 0. The minimum atomic E-state index is 0.672. The van der Waals surface area contributed by atoms with E-state index < -0.39 is 0 Å². The highest BCUT2D eigenvalue weighted by molar-refractivity contribution is 4.65. The van der Waals surface area contributed by atoms with Crippen LogP contribution in [-0.2, 0) is 6.54 Å². The molecular formula is C10H20N4. The van der Waals surface area contributed by atoms with Crippen LogP contribution in [0.1, 0.15) is 33.1 Å². The minimum Gasteiger partial charge on any atom is -0.314 e. The number of nitrogens with one attached hydrogen (secondary N) is 1. The van der Waals surface area contributed by atoms with Crippen molar-refractivity contribution in [2.75, 3.05) is 6.54 Å². The second-order valence-corrected chi connectivity index (χ2v) is 3.49. The first-order chi connectivity index (χ1) is 6.86. The highest BCUT2D eigenvalue weighted by atomic mass is 15.4. The molecule has 80 valence electrons. The Morgan fingerprint density at radius 2 is 2.14 bits per heavy atom. The Hall–Kier alpha value is -0.900. The molecule has 1 rings (SSSR count). The molecule has 0 aliphatic rings. The van der Waals surface area contributed by atoms with Crippen LogP contribution in [0.15, 0.2) is 12.4 Å². The van der Waals surface area contributed by atoms with Crippen LogP contribution in [0.5, 0.6) is 0 Å². The molecule has 0 aliphatic heterocycles. The third kappa shape index (κ3) is 3.87. The predicted octanol–water partition coefficient (Wildman–Crippen LogP) is 1.45. The largest absolute Gasteiger partial charge is 0.314 e. The average Bonchev–Trinajstić information content (AvgIpc) is 2.71. The van der Waals surface area contributed by atoms with Gasteiger partial charge in [0.15, 0.2) is 0 Å². The fraction of sp³-hybridized carbons (Fsp3) is 0.800. The number of aryl methyl sites for hydroxylation is 1. The Morgan fingerprint density at radius 1 is 1.36 bits per heavy atom. The molecule has 0 fully saturated rings. The molecule has 0 radical (unpaired) electrons. The van der Waals surface area contributed by atoms with Gasteiger partial charge in [-0.25, -0.2) is 0 Å². The molecular weight excluding hydrogens is 176 g/mol. The van der Waals surface area contributed by atoms with Crippen molar-refractivity contribution in [2.24, 2.45) is 0 Å². The molecule has 0 bridgehead atoms. The summed E-state index contributed by atoms with van der Waals surface area (Å²) in [5.74, 6) is 0. The lowest BCUT2D eigenvalue weighted by molar-refractivity contribution is 0.455. The fourth-order valence-electron chi connectivity index (χ4n) is 1.48. The minimum absolute atomic E-state index is 0.672. The second kappa shape index (κ2) is 6.54. The van der Waals surface area contributed by atoms with Gasteiger partial charge in [-0.05, 0) is 25.8 Å². The molecule has 0 saturated heterocycles. The highest BCUT2D eigenvalue weighted by Crippen LogP contribution is 1.96. The van der Waals surface area contributed by atoms with Crippen molar-refractivity contribution in [1.29, 1.82) is 0 Å². The lowest BCUT2D eigenvalue weighted by Crippen LogP contribution is -2.29. The first-order valence-electron chi connectivity index (χ1n) is 5.44. The Morgan fingerprint density at radius 3 is 2.71 bits per heavy atom. The highest BCUT2D eigenvalue weighted by Gasteiger charge is 2.00. The molecule has 14 heavy (non-hydrogen) atoms. The van der Waals surface area contributed by atoms with Gasteiger partial charge in [-0.2, -0.15) is 0 Å². The Bertz CT molecular complexity index is 216. The van der Waals surface area contributed by atoms with E-state index in [1.807, 2.05) is 10.9 Å². The zero-order valence-electron chi connectivity index (χ0n) is 9.11. The van der Waals surface area contributed by atoms with Crippen molar-refractivity contribution >= 4 is 0 Å². The van der Waals surface area contributed by atoms with E-state index in [2.05, 4.69) is 29.5 Å². The molecule has 0 aromatic carbocycles. The Kier molecular flexibility index (Phi) is 5.22. The molecule has 0 atom stereocenters. The van der Waals surface area contributed by atoms with Crippen LogP contribution in [0.2, 0.25) is 0 Å². The zero-order chi connectivity index (χ0) is 10.2. The van der Waals surface area contributed by atoms with Gasteiger partial charge in [-0.15, -0.1) is 5.10 Å². The average molecular weight is 196 g/mol. The van der Waals surface area contributed by atoms with Crippen LogP contribution < -0.4 is 5.32 Å². The number of hydrogen-bond donors (Lipinski definition) is 1. The summed E-state index contributed by atoms with van der Waals surface area (Å²) in [6.07, 6.45) is 7.14. The van der Waals surface area contributed by atoms with Gasteiger partial charge in [0.05, 0.1) is 6.20 Å². The topological polar surface area (TPSA) is 42.7 Å². The molecule has 0 aliphatic carbocycles. The molecule has 0 saturated carbocycles. The van der Waals surface area contributed by atoms with Gasteiger partial charge in [0.25, 0.3) is 0 Å².